The average molecular weight is 345 g/mol. The monoisotopic (exact) mass is 345 g/mol. The standard InChI is InChI=1S/C18H17F2N3O2/c1-2-15(14-5-3-4-6-16(14)25-17(19)20)23-18(24)22-13-9-7-12(11-21)8-10-13/h3-10,15,17H,2H2,1H3,(H2,22,23,24). The molecule has 2 aromatic carbocycles. The van der Waals surface area contributed by atoms with Crippen molar-refractivity contribution >= 4 is 11.7 Å². The minimum Gasteiger partial charge on any atom is -0.434 e. The van der Waals surface area contributed by atoms with Crippen molar-refractivity contribution in [3.05, 3.63) is 59.7 Å². The van der Waals surface area contributed by atoms with Crippen LogP contribution in [-0.2, 0) is 0 Å². The molecular weight excluding hydrogens is 328 g/mol. The van der Waals surface area contributed by atoms with Crippen molar-refractivity contribution in [2.75, 3.05) is 5.32 Å². The van der Waals surface area contributed by atoms with Gasteiger partial charge in [-0.05, 0) is 36.8 Å². The van der Waals surface area contributed by atoms with Crippen LogP contribution in [-0.4, -0.2) is 12.6 Å². The Kier molecular flexibility index (Phi) is 6.29. The van der Waals surface area contributed by atoms with Crippen LogP contribution >= 0.6 is 0 Å². The molecule has 0 aliphatic rings. The molecule has 5 nitrogen and oxygen atoms in total. The van der Waals surface area contributed by atoms with Crippen LogP contribution in [0.25, 0.3) is 0 Å². The molecule has 0 aliphatic carbocycles. The lowest BCUT2D eigenvalue weighted by Crippen LogP contribution is -2.32. The Bertz CT molecular complexity index is 758. The van der Waals surface area contributed by atoms with E-state index in [0.717, 1.165) is 0 Å². The van der Waals surface area contributed by atoms with E-state index in [1.807, 2.05) is 13.0 Å². The number of hydrogen-bond acceptors (Lipinski definition) is 3. The van der Waals surface area contributed by atoms with Crippen LogP contribution in [0.1, 0.15) is 30.5 Å². The Morgan fingerprint density at radius 1 is 1.20 bits per heavy atom. The number of urea groups is 1. The fourth-order valence-electron chi connectivity index (χ4n) is 2.32. The molecule has 7 heteroatoms. The Morgan fingerprint density at radius 3 is 2.48 bits per heavy atom. The molecule has 0 saturated heterocycles. The lowest BCUT2D eigenvalue weighted by molar-refractivity contribution is -0.0506. The van der Waals surface area contributed by atoms with Crippen molar-refractivity contribution in [3.63, 3.8) is 0 Å². The topological polar surface area (TPSA) is 74.2 Å². The minimum absolute atomic E-state index is 0.0306. The lowest BCUT2D eigenvalue weighted by Gasteiger charge is -2.20. The second-order valence-electron chi connectivity index (χ2n) is 5.16. The van der Waals surface area contributed by atoms with Gasteiger partial charge in [0.15, 0.2) is 0 Å². The predicted molar refractivity (Wildman–Crippen MR) is 89.4 cm³/mol. The van der Waals surface area contributed by atoms with Gasteiger partial charge in [0.1, 0.15) is 5.75 Å². The second kappa shape index (κ2) is 8.64. The quantitative estimate of drug-likeness (QED) is 0.813. The van der Waals surface area contributed by atoms with E-state index < -0.39 is 18.7 Å². The largest absolute Gasteiger partial charge is 0.434 e. The summed E-state index contributed by atoms with van der Waals surface area (Å²) < 4.78 is 29.6. The van der Waals surface area contributed by atoms with Gasteiger partial charge in [-0.2, -0.15) is 14.0 Å². The maximum absolute atomic E-state index is 12.5. The summed E-state index contributed by atoms with van der Waals surface area (Å²) in [6.45, 7) is -1.11. The third-order valence-corrected chi connectivity index (χ3v) is 3.50. The molecule has 0 heterocycles. The van der Waals surface area contributed by atoms with Gasteiger partial charge in [0, 0.05) is 11.3 Å². The number of para-hydroxylation sites is 1. The van der Waals surface area contributed by atoms with E-state index in [0.29, 0.717) is 23.2 Å². The fourth-order valence-corrected chi connectivity index (χ4v) is 2.32. The van der Waals surface area contributed by atoms with Crippen LogP contribution in [0.15, 0.2) is 48.5 Å². The SMILES string of the molecule is CCC(NC(=O)Nc1ccc(C#N)cc1)c1ccccc1OC(F)F. The van der Waals surface area contributed by atoms with Gasteiger partial charge >= 0.3 is 12.6 Å². The third-order valence-electron chi connectivity index (χ3n) is 3.50. The summed E-state index contributed by atoms with van der Waals surface area (Å²) in [5.41, 5.74) is 1.47. The highest BCUT2D eigenvalue weighted by atomic mass is 19.3. The van der Waals surface area contributed by atoms with Gasteiger partial charge in [-0.25, -0.2) is 4.79 Å². The molecule has 0 bridgehead atoms. The zero-order valence-electron chi connectivity index (χ0n) is 13.5. The summed E-state index contributed by atoms with van der Waals surface area (Å²) in [6, 6.07) is 13.7. The molecule has 0 spiro atoms. The maximum atomic E-state index is 12.5. The Balaban J connectivity index is 2.08. The summed E-state index contributed by atoms with van der Waals surface area (Å²) in [7, 11) is 0. The van der Waals surface area contributed by atoms with Crippen molar-refractivity contribution in [2.45, 2.75) is 26.0 Å². The predicted octanol–water partition coefficient (Wildman–Crippen LogP) is 4.43. The van der Waals surface area contributed by atoms with Crippen LogP contribution in [0.2, 0.25) is 0 Å². The molecule has 2 amide bonds. The smallest absolute Gasteiger partial charge is 0.387 e. The molecule has 0 aliphatic heterocycles. The highest BCUT2D eigenvalue weighted by Crippen LogP contribution is 2.28. The molecule has 0 saturated carbocycles. The van der Waals surface area contributed by atoms with E-state index in [9.17, 15) is 13.6 Å². The highest BCUT2D eigenvalue weighted by molar-refractivity contribution is 5.89. The van der Waals surface area contributed by atoms with Crippen molar-refractivity contribution < 1.29 is 18.3 Å². The van der Waals surface area contributed by atoms with Gasteiger partial charge in [-0.1, -0.05) is 25.1 Å². The van der Waals surface area contributed by atoms with E-state index in [4.69, 9.17) is 5.26 Å². The maximum Gasteiger partial charge on any atom is 0.387 e. The van der Waals surface area contributed by atoms with Gasteiger partial charge in [-0.3, -0.25) is 0 Å². The number of anilines is 1. The first kappa shape index (κ1) is 18.2. The van der Waals surface area contributed by atoms with Gasteiger partial charge < -0.3 is 15.4 Å². The van der Waals surface area contributed by atoms with E-state index in [1.54, 1.807) is 42.5 Å². The number of alkyl halides is 2. The van der Waals surface area contributed by atoms with Crippen LogP contribution in [0.5, 0.6) is 5.75 Å². The number of nitriles is 1. The molecule has 1 atom stereocenters. The van der Waals surface area contributed by atoms with Crippen LogP contribution in [0, 0.1) is 11.3 Å². The normalized spacial score (nSPS) is 11.5. The molecule has 2 aromatic rings. The number of rotatable bonds is 6. The minimum atomic E-state index is -2.94. The Morgan fingerprint density at radius 2 is 1.88 bits per heavy atom. The van der Waals surface area contributed by atoms with Gasteiger partial charge in [-0.15, -0.1) is 0 Å². The van der Waals surface area contributed by atoms with Crippen molar-refractivity contribution in [1.29, 1.82) is 5.26 Å². The second-order valence-corrected chi connectivity index (χ2v) is 5.16. The van der Waals surface area contributed by atoms with Crippen molar-refractivity contribution in [3.8, 4) is 11.8 Å². The van der Waals surface area contributed by atoms with E-state index >= 15 is 0 Å². The van der Waals surface area contributed by atoms with Crippen molar-refractivity contribution in [2.24, 2.45) is 0 Å². The summed E-state index contributed by atoms with van der Waals surface area (Å²) >= 11 is 0. The first-order valence-electron chi connectivity index (χ1n) is 7.65. The van der Waals surface area contributed by atoms with Crippen LogP contribution in [0.4, 0.5) is 19.3 Å². The number of carbonyl (C=O) groups excluding carboxylic acids is 1. The van der Waals surface area contributed by atoms with Crippen LogP contribution < -0.4 is 15.4 Å². The highest BCUT2D eigenvalue weighted by Gasteiger charge is 2.18. The molecule has 0 aromatic heterocycles. The Labute approximate surface area is 144 Å². The summed E-state index contributed by atoms with van der Waals surface area (Å²) in [5.74, 6) is 0.0306. The summed E-state index contributed by atoms with van der Waals surface area (Å²) in [6.07, 6.45) is 0.490. The number of amides is 2. The number of benzene rings is 2. The number of halogens is 2. The zero-order chi connectivity index (χ0) is 18.2. The first-order valence-corrected chi connectivity index (χ1v) is 7.65. The van der Waals surface area contributed by atoms with Gasteiger partial charge in [0.05, 0.1) is 17.7 Å². The molecule has 2 rings (SSSR count). The Hall–Kier alpha value is -3.14. The molecule has 25 heavy (non-hydrogen) atoms. The molecular formula is C18H17F2N3O2. The summed E-state index contributed by atoms with van der Waals surface area (Å²) in [5, 5.41) is 14.1. The number of nitrogens with one attached hydrogen (secondary N) is 2. The average Bonchev–Trinajstić information content (AvgIpc) is 2.60. The lowest BCUT2D eigenvalue weighted by atomic mass is 10.0. The van der Waals surface area contributed by atoms with E-state index in [2.05, 4.69) is 15.4 Å². The molecule has 2 N–H and O–H groups in total. The number of carbonyl (C=O) groups is 1. The molecule has 0 radical (unpaired) electrons. The van der Waals surface area contributed by atoms with E-state index in [-0.39, 0.29) is 5.75 Å². The van der Waals surface area contributed by atoms with E-state index in [1.165, 1.54) is 6.07 Å². The number of hydrogen-bond donors (Lipinski definition) is 2. The van der Waals surface area contributed by atoms with Gasteiger partial charge in [0.2, 0.25) is 0 Å². The van der Waals surface area contributed by atoms with Crippen molar-refractivity contribution in [1.82, 2.24) is 5.32 Å². The summed E-state index contributed by atoms with van der Waals surface area (Å²) in [4.78, 5) is 12.2. The first-order chi connectivity index (χ1) is 12.0. The molecule has 1 unspecified atom stereocenters. The molecule has 0 fully saturated rings. The van der Waals surface area contributed by atoms with Gasteiger partial charge in [0.25, 0.3) is 0 Å². The fraction of sp³-hybridized carbons (Fsp3) is 0.222. The van der Waals surface area contributed by atoms with Crippen LogP contribution in [0.3, 0.4) is 0 Å². The number of ether oxygens (including phenoxy) is 1. The number of nitrogens with zero attached hydrogens (tertiary/aromatic N) is 1. The third kappa shape index (κ3) is 5.18. The zero-order valence-corrected chi connectivity index (χ0v) is 13.5. The molecule has 130 valence electrons.